The summed E-state index contributed by atoms with van der Waals surface area (Å²) in [6.45, 7) is 6.66. The summed E-state index contributed by atoms with van der Waals surface area (Å²) in [5.41, 5.74) is 0.0367. The van der Waals surface area contributed by atoms with Gasteiger partial charge in [0.25, 0.3) is 0 Å². The molecule has 4 heterocycles. The number of thioether (sulfide) groups is 1. The van der Waals surface area contributed by atoms with E-state index in [1.165, 1.54) is 23.0 Å². The van der Waals surface area contributed by atoms with Gasteiger partial charge in [0.2, 0.25) is 11.8 Å². The number of fused-ring (bicyclic) bond motifs is 1. The number of hydrogen-bond acceptors (Lipinski definition) is 7. The third-order valence-corrected chi connectivity index (χ3v) is 8.70. The van der Waals surface area contributed by atoms with Crippen molar-refractivity contribution in [3.8, 4) is 0 Å². The van der Waals surface area contributed by atoms with E-state index in [1.54, 1.807) is 6.92 Å². The van der Waals surface area contributed by atoms with E-state index in [0.29, 0.717) is 44.0 Å². The Labute approximate surface area is 191 Å². The van der Waals surface area contributed by atoms with Crippen LogP contribution < -0.4 is 0 Å². The average Bonchev–Trinajstić information content (AvgIpc) is 3.23. The predicted molar refractivity (Wildman–Crippen MR) is 119 cm³/mol. The maximum absolute atomic E-state index is 13.1. The van der Waals surface area contributed by atoms with Crippen LogP contribution in [0.1, 0.15) is 20.3 Å². The Hall–Kier alpha value is -2.11. The Morgan fingerprint density at radius 2 is 1.91 bits per heavy atom. The first-order valence-electron chi connectivity index (χ1n) is 11.0. The highest BCUT2D eigenvalue weighted by Gasteiger charge is 2.60. The molecule has 3 fully saturated rings. The summed E-state index contributed by atoms with van der Waals surface area (Å²) < 4.78 is 0. The van der Waals surface area contributed by atoms with Gasteiger partial charge in [-0.15, -0.1) is 11.8 Å². The third kappa shape index (κ3) is 3.69. The first-order valence-corrected chi connectivity index (χ1v) is 11.9. The first kappa shape index (κ1) is 23.1. The highest BCUT2D eigenvalue weighted by atomic mass is 32.2. The number of nitrogens with zero attached hydrogens (tertiary/aromatic N) is 4. The van der Waals surface area contributed by atoms with Crippen LogP contribution in [0.2, 0.25) is 0 Å². The summed E-state index contributed by atoms with van der Waals surface area (Å²) in [5, 5.41) is 27.2. The molecule has 0 radical (unpaired) electrons. The van der Waals surface area contributed by atoms with Crippen LogP contribution in [0.3, 0.4) is 0 Å². The number of amides is 2. The van der Waals surface area contributed by atoms with Crippen molar-refractivity contribution in [3.05, 3.63) is 10.6 Å². The number of rotatable bonds is 6. The van der Waals surface area contributed by atoms with Gasteiger partial charge in [0.15, 0.2) is 0 Å². The van der Waals surface area contributed by atoms with Gasteiger partial charge >= 0.3 is 5.97 Å². The molecule has 2 amide bonds. The zero-order chi connectivity index (χ0) is 23.3. The zero-order valence-corrected chi connectivity index (χ0v) is 19.4. The van der Waals surface area contributed by atoms with E-state index in [1.807, 2.05) is 28.7 Å². The molecule has 3 saturated heterocycles. The van der Waals surface area contributed by atoms with Crippen molar-refractivity contribution in [3.63, 3.8) is 0 Å². The lowest BCUT2D eigenvalue weighted by Gasteiger charge is -2.46. The Kier molecular flexibility index (Phi) is 6.25. The molecule has 4 aliphatic heterocycles. The predicted octanol–water partition coefficient (Wildman–Crippen LogP) is -0.303. The fraction of sp³-hybridized carbons (Fsp3) is 0.714. The summed E-state index contributed by atoms with van der Waals surface area (Å²) in [5.74, 6) is -2.11. The van der Waals surface area contributed by atoms with E-state index in [0.717, 1.165) is 0 Å². The number of piperazine rings is 1. The lowest BCUT2D eigenvalue weighted by atomic mass is 9.79. The van der Waals surface area contributed by atoms with Crippen molar-refractivity contribution in [2.75, 3.05) is 39.8 Å². The van der Waals surface area contributed by atoms with E-state index < -0.39 is 18.0 Å². The summed E-state index contributed by atoms with van der Waals surface area (Å²) in [6, 6.07) is -0.578. The molecule has 0 spiro atoms. The highest BCUT2D eigenvalue weighted by molar-refractivity contribution is 8.03. The van der Waals surface area contributed by atoms with Crippen molar-refractivity contribution in [1.82, 2.24) is 19.6 Å². The van der Waals surface area contributed by atoms with Crippen LogP contribution in [-0.4, -0.2) is 117 Å². The van der Waals surface area contributed by atoms with Crippen LogP contribution >= 0.6 is 11.8 Å². The first-order chi connectivity index (χ1) is 15.1. The van der Waals surface area contributed by atoms with Gasteiger partial charge < -0.3 is 24.9 Å². The molecule has 0 bridgehead atoms. The molecule has 32 heavy (non-hydrogen) atoms. The molecule has 0 saturated carbocycles. The Bertz CT molecular complexity index is 856. The van der Waals surface area contributed by atoms with Crippen LogP contribution in [-0.2, 0) is 14.4 Å². The smallest absolute Gasteiger partial charge is 0.353 e. The molecule has 10 nitrogen and oxygen atoms in total. The number of nitrogens with one attached hydrogen (secondary N) is 1. The van der Waals surface area contributed by atoms with Crippen molar-refractivity contribution in [2.24, 2.45) is 11.8 Å². The second kappa shape index (κ2) is 8.68. The van der Waals surface area contributed by atoms with Crippen molar-refractivity contribution in [2.45, 2.75) is 43.7 Å². The number of hydrogen-bond donors (Lipinski definition) is 3. The van der Waals surface area contributed by atoms with Gasteiger partial charge in [0.1, 0.15) is 5.70 Å². The lowest BCUT2D eigenvalue weighted by molar-refractivity contribution is -0.163. The maximum atomic E-state index is 13.1. The Morgan fingerprint density at radius 3 is 2.47 bits per heavy atom. The minimum absolute atomic E-state index is 0.0367. The van der Waals surface area contributed by atoms with Crippen molar-refractivity contribution < 1.29 is 24.6 Å². The third-order valence-electron chi connectivity index (χ3n) is 7.21. The highest BCUT2D eigenvalue weighted by Crippen LogP contribution is 2.52. The quantitative estimate of drug-likeness (QED) is 0.277. The summed E-state index contributed by atoms with van der Waals surface area (Å²) >= 11 is 1.47. The number of aliphatic carboxylic acids is 1. The molecule has 5 unspecified atom stereocenters. The minimum atomic E-state index is -1.12. The molecule has 0 aliphatic carbocycles. The van der Waals surface area contributed by atoms with Gasteiger partial charge in [-0.3, -0.25) is 19.9 Å². The van der Waals surface area contributed by atoms with Gasteiger partial charge in [-0.2, -0.15) is 0 Å². The van der Waals surface area contributed by atoms with Gasteiger partial charge in [0, 0.05) is 48.8 Å². The van der Waals surface area contributed by atoms with Crippen LogP contribution in [0.5, 0.6) is 0 Å². The SMILES string of the molecule is CC(O)C1C(=O)N2C(C(=O)O)=C(SC3CC(C(=O)N4CCN(C=N)CC4)N(C)C3)C(C)[C@@H]12. The average molecular weight is 466 g/mol. The minimum Gasteiger partial charge on any atom is -0.477 e. The molecule has 4 rings (SSSR count). The van der Waals surface area contributed by atoms with E-state index in [4.69, 9.17) is 5.41 Å². The number of likely N-dealkylation sites (N-methyl/N-ethyl adjacent to an activating group) is 1. The number of carboxylic acid groups (broad SMARTS) is 1. The molecule has 0 aromatic heterocycles. The summed E-state index contributed by atoms with van der Waals surface area (Å²) in [7, 11) is 1.92. The molecular weight excluding hydrogens is 434 g/mol. The van der Waals surface area contributed by atoms with Gasteiger partial charge in [-0.05, 0) is 20.4 Å². The molecule has 0 aromatic rings. The van der Waals surface area contributed by atoms with Gasteiger partial charge in [-0.25, -0.2) is 4.79 Å². The van der Waals surface area contributed by atoms with Crippen LogP contribution in [0.15, 0.2) is 10.6 Å². The molecule has 4 aliphatic rings. The van der Waals surface area contributed by atoms with Crippen LogP contribution in [0.25, 0.3) is 0 Å². The number of aliphatic hydroxyl groups excluding tert-OH is 1. The monoisotopic (exact) mass is 465 g/mol. The lowest BCUT2D eigenvalue weighted by Crippen LogP contribution is -2.63. The fourth-order valence-electron chi connectivity index (χ4n) is 5.47. The molecule has 11 heteroatoms. The Morgan fingerprint density at radius 1 is 1.25 bits per heavy atom. The van der Waals surface area contributed by atoms with Crippen molar-refractivity contribution >= 4 is 35.9 Å². The van der Waals surface area contributed by atoms with E-state index in [9.17, 15) is 24.6 Å². The topological polar surface area (TPSA) is 128 Å². The molecule has 0 aromatic carbocycles. The molecular formula is C21H31N5O5S. The number of aliphatic hydroxyl groups is 1. The standard InChI is InChI=1S/C21H31N5O5S/c1-11-16-15(12(2)27)20(29)26(16)17(21(30)31)18(11)32-13-8-14(23(3)9-13)19(28)25-6-4-24(10-22)5-7-25/h10-16,22,27H,4-9H2,1-3H3,(H,30,31)/t11?,12?,13?,14?,15?,16-/m0/s1. The van der Waals surface area contributed by atoms with E-state index in [2.05, 4.69) is 0 Å². The maximum Gasteiger partial charge on any atom is 0.353 e. The van der Waals surface area contributed by atoms with Crippen molar-refractivity contribution in [1.29, 1.82) is 5.41 Å². The normalized spacial score (nSPS) is 33.9. The van der Waals surface area contributed by atoms with Gasteiger partial charge in [0.05, 0.1) is 30.4 Å². The molecule has 6 atom stereocenters. The van der Waals surface area contributed by atoms with E-state index >= 15 is 0 Å². The zero-order valence-electron chi connectivity index (χ0n) is 18.6. The number of carboxylic acids is 1. The Balaban J connectivity index is 1.45. The number of carbonyl (C=O) groups excluding carboxylic acids is 2. The second-order valence-electron chi connectivity index (χ2n) is 9.19. The number of likely N-dealkylation sites (tertiary alicyclic amines) is 1. The number of carbonyl (C=O) groups is 3. The fourth-order valence-corrected chi connectivity index (χ4v) is 7.07. The van der Waals surface area contributed by atoms with Gasteiger partial charge in [-0.1, -0.05) is 6.92 Å². The summed E-state index contributed by atoms with van der Waals surface area (Å²) in [6.07, 6.45) is 1.10. The van der Waals surface area contributed by atoms with E-state index in [-0.39, 0.29) is 40.8 Å². The molecule has 176 valence electrons. The summed E-state index contributed by atoms with van der Waals surface area (Å²) in [4.78, 5) is 45.4. The second-order valence-corrected chi connectivity index (χ2v) is 10.5. The molecule has 3 N–H and O–H groups in total. The largest absolute Gasteiger partial charge is 0.477 e. The van der Waals surface area contributed by atoms with Crippen LogP contribution in [0.4, 0.5) is 0 Å². The number of β-lactam (4-membered cyclic amide) rings is 1. The van der Waals surface area contributed by atoms with Crippen LogP contribution in [0, 0.1) is 17.2 Å².